The molecule has 9 rings (SSSR count). The maximum absolute atomic E-state index is 11.3. The summed E-state index contributed by atoms with van der Waals surface area (Å²) in [5.74, 6) is 0.511. The van der Waals surface area contributed by atoms with Crippen molar-refractivity contribution in [3.63, 3.8) is 0 Å². The molecule has 0 spiro atoms. The molecule has 21 heteroatoms. The summed E-state index contributed by atoms with van der Waals surface area (Å²) in [5, 5.41) is 52.2. The minimum Gasteiger partial charge on any atom is -0.350 e. The van der Waals surface area contributed by atoms with Gasteiger partial charge in [0, 0.05) is 83.5 Å². The Morgan fingerprint density at radius 3 is 1.37 bits per heavy atom. The normalized spacial score (nSPS) is 16.2. The van der Waals surface area contributed by atoms with Gasteiger partial charge in [0.2, 0.25) is 0 Å². The number of nitrogens with zero attached hydrogens (tertiary/aromatic N) is 6. The number of anilines is 9. The van der Waals surface area contributed by atoms with E-state index in [4.69, 9.17) is 36.7 Å². The molecule has 0 fully saturated rings. The monoisotopic (exact) mass is 900 g/mol. The molecule has 3 aliphatic heterocycles. The summed E-state index contributed by atoms with van der Waals surface area (Å²) in [7, 11) is 0. The van der Waals surface area contributed by atoms with E-state index in [9.17, 15) is 30.3 Å². The van der Waals surface area contributed by atoms with Crippen molar-refractivity contribution in [2.24, 2.45) is 0 Å². The number of benzene rings is 3. The molecule has 3 unspecified atom stereocenters. The smallest absolute Gasteiger partial charge is 0.293 e. The molecule has 6 heterocycles. The molecule has 3 aromatic heterocycles. The summed E-state index contributed by atoms with van der Waals surface area (Å²) >= 11 is 15.7. The number of nitro groups is 3. The average molecular weight is 901 g/mol. The molecule has 18 nitrogen and oxygen atoms in total. The van der Waals surface area contributed by atoms with Gasteiger partial charge in [0.1, 0.15) is 22.9 Å². The average Bonchev–Trinajstić information content (AvgIpc) is 3.82. The highest BCUT2D eigenvalue weighted by atomic mass is 32.1. The Kier molecular flexibility index (Phi) is 12.8. The summed E-state index contributed by atoms with van der Waals surface area (Å²) in [6.45, 7) is 5.79. The number of hydrogen-bond donors (Lipinski definition) is 6. The second kappa shape index (κ2) is 18.6. The highest BCUT2D eigenvalue weighted by molar-refractivity contribution is 7.81. The minimum absolute atomic E-state index is 0.0105. The van der Waals surface area contributed by atoms with Crippen LogP contribution in [0.4, 0.5) is 68.4 Å². The summed E-state index contributed by atoms with van der Waals surface area (Å²) in [4.78, 5) is 46.8. The second-order valence-corrected chi connectivity index (χ2v) is 15.7. The van der Waals surface area contributed by atoms with Crippen LogP contribution in [0.5, 0.6) is 0 Å². The number of thiocarbonyl (C=S) groups is 3. The Balaban J connectivity index is 0.000000142. The third-order valence-electron chi connectivity index (χ3n) is 10.3. The number of nitrogens with one attached hydrogen (secondary N) is 6. The van der Waals surface area contributed by atoms with E-state index in [0.717, 1.165) is 39.4 Å². The SMILES string of the molecule is CC1C(=S)Nc2cc(Nc3ccccn3)c([N+](=O)[O-])cc21.CC1C(=S)Nc2cc(Nc3cccnc3)c([N+](=O)[O-])cc21.CC1C(=S)Nc2cc(Nc3ccncc3)c([N+](=O)[O-])cc21. The van der Waals surface area contributed by atoms with Crippen LogP contribution in [-0.4, -0.2) is 44.7 Å². The van der Waals surface area contributed by atoms with Crippen molar-refractivity contribution in [3.05, 3.63) is 157 Å². The number of hydrogen-bond acceptors (Lipinski definition) is 15. The molecule has 0 radical (unpaired) electrons. The van der Waals surface area contributed by atoms with Crippen molar-refractivity contribution in [2.45, 2.75) is 38.5 Å². The predicted molar refractivity (Wildman–Crippen MR) is 256 cm³/mol. The van der Waals surface area contributed by atoms with E-state index in [-0.39, 0.29) is 34.8 Å². The Morgan fingerprint density at radius 1 is 0.524 bits per heavy atom. The van der Waals surface area contributed by atoms with Gasteiger partial charge in [-0.3, -0.25) is 40.3 Å². The molecule has 0 amide bonds. The van der Waals surface area contributed by atoms with E-state index in [0.29, 0.717) is 43.5 Å². The number of nitro benzene ring substituents is 3. The summed E-state index contributed by atoms with van der Waals surface area (Å²) in [6, 6.07) is 22.3. The van der Waals surface area contributed by atoms with E-state index in [2.05, 4.69) is 46.9 Å². The van der Waals surface area contributed by atoms with Crippen molar-refractivity contribution in [1.82, 2.24) is 15.0 Å². The minimum atomic E-state index is -0.403. The fourth-order valence-electron chi connectivity index (χ4n) is 6.87. The first-order valence-corrected chi connectivity index (χ1v) is 20.3. The lowest BCUT2D eigenvalue weighted by Gasteiger charge is -2.09. The van der Waals surface area contributed by atoms with Gasteiger partial charge in [0.05, 0.1) is 41.6 Å². The molecule has 0 aliphatic carbocycles. The van der Waals surface area contributed by atoms with Crippen molar-refractivity contribution in [1.29, 1.82) is 0 Å². The zero-order chi connectivity index (χ0) is 44.9. The maximum atomic E-state index is 11.3. The van der Waals surface area contributed by atoms with Crippen molar-refractivity contribution >= 4 is 120 Å². The fraction of sp³-hybridized carbons (Fsp3) is 0.143. The predicted octanol–water partition coefficient (Wildman–Crippen LogP) is 10.8. The Labute approximate surface area is 375 Å². The first-order valence-electron chi connectivity index (χ1n) is 19.1. The zero-order valence-electron chi connectivity index (χ0n) is 33.5. The summed E-state index contributed by atoms with van der Waals surface area (Å²) in [6.07, 6.45) is 8.12. The fourth-order valence-corrected chi connectivity index (χ4v) is 7.58. The lowest BCUT2D eigenvalue weighted by molar-refractivity contribution is -0.384. The molecule has 0 bridgehead atoms. The topological polar surface area (TPSA) is 240 Å². The molecule has 0 saturated carbocycles. The molecule has 63 heavy (non-hydrogen) atoms. The number of pyridine rings is 3. The second-order valence-electron chi connectivity index (χ2n) is 14.3. The van der Waals surface area contributed by atoms with Crippen LogP contribution >= 0.6 is 36.7 Å². The van der Waals surface area contributed by atoms with E-state index in [1.54, 1.807) is 104 Å². The van der Waals surface area contributed by atoms with Gasteiger partial charge in [0.25, 0.3) is 17.1 Å². The van der Waals surface area contributed by atoms with Crippen LogP contribution in [0.25, 0.3) is 0 Å². The van der Waals surface area contributed by atoms with Crippen LogP contribution in [0, 0.1) is 30.3 Å². The molecule has 318 valence electrons. The van der Waals surface area contributed by atoms with Crippen LogP contribution in [0.3, 0.4) is 0 Å². The summed E-state index contributed by atoms with van der Waals surface area (Å²) in [5.41, 5.74) is 7.70. The lowest BCUT2D eigenvalue weighted by atomic mass is 10.0. The van der Waals surface area contributed by atoms with Gasteiger partial charge >= 0.3 is 0 Å². The van der Waals surface area contributed by atoms with Crippen molar-refractivity contribution in [3.8, 4) is 0 Å². The molecule has 6 aromatic rings. The van der Waals surface area contributed by atoms with Gasteiger partial charge in [-0.1, -0.05) is 63.5 Å². The maximum Gasteiger partial charge on any atom is 0.293 e. The van der Waals surface area contributed by atoms with Gasteiger partial charge < -0.3 is 31.9 Å². The van der Waals surface area contributed by atoms with E-state index in [1.807, 2.05) is 26.8 Å². The first kappa shape index (κ1) is 43.5. The summed E-state index contributed by atoms with van der Waals surface area (Å²) < 4.78 is 0. The molecule has 0 saturated heterocycles. The largest absolute Gasteiger partial charge is 0.350 e. The lowest BCUT2D eigenvalue weighted by Crippen LogP contribution is -2.05. The third kappa shape index (κ3) is 9.64. The standard InChI is InChI=1S/3C14H12N4O2S/c1-8-10-6-13(18(19)20)12(7-11(10)17-14(8)21)16-9-2-4-15-5-3-9;1-8-10-5-13(18(19)20)12(6-11(10)17-14(8)21)16-9-3-2-4-15-7-9;1-8-9-6-12(18(19)20)11(7-10(9)17-14(8)21)16-13-4-2-3-5-15-13/h2-8H,1H3,(H,15,16)(H,17,21);2-8,16H,1H3,(H,17,21);2-8H,1H3,(H,15,16)(H,17,21). The van der Waals surface area contributed by atoms with Crippen LogP contribution in [0.1, 0.15) is 55.2 Å². The molecular formula is C42H36N12O6S3. The molecular weight excluding hydrogens is 865 g/mol. The third-order valence-corrected chi connectivity index (χ3v) is 11.6. The van der Waals surface area contributed by atoms with Gasteiger partial charge in [-0.2, -0.15) is 0 Å². The van der Waals surface area contributed by atoms with Crippen LogP contribution < -0.4 is 31.9 Å². The van der Waals surface area contributed by atoms with Gasteiger partial charge in [-0.15, -0.1) is 0 Å². The van der Waals surface area contributed by atoms with Gasteiger partial charge in [0.15, 0.2) is 0 Å². The Hall–Kier alpha value is -7.62. The number of rotatable bonds is 9. The molecule has 3 aromatic carbocycles. The van der Waals surface area contributed by atoms with Crippen LogP contribution in [0.2, 0.25) is 0 Å². The van der Waals surface area contributed by atoms with Crippen LogP contribution in [0.15, 0.2) is 110 Å². The Morgan fingerprint density at radius 2 is 0.968 bits per heavy atom. The number of fused-ring (bicyclic) bond motifs is 3. The van der Waals surface area contributed by atoms with Gasteiger partial charge in [-0.05, 0) is 71.3 Å². The highest BCUT2D eigenvalue weighted by Gasteiger charge is 2.31. The van der Waals surface area contributed by atoms with E-state index >= 15 is 0 Å². The Bertz CT molecular complexity index is 2500. The molecule has 3 atom stereocenters. The van der Waals surface area contributed by atoms with Crippen molar-refractivity contribution in [2.75, 3.05) is 31.9 Å². The van der Waals surface area contributed by atoms with Crippen molar-refractivity contribution < 1.29 is 14.8 Å². The van der Waals surface area contributed by atoms with E-state index < -0.39 is 14.8 Å². The molecule has 3 aliphatic rings. The highest BCUT2D eigenvalue weighted by Crippen LogP contribution is 2.43. The van der Waals surface area contributed by atoms with Gasteiger partial charge in [-0.25, -0.2) is 4.98 Å². The zero-order valence-corrected chi connectivity index (χ0v) is 35.9. The van der Waals surface area contributed by atoms with E-state index in [1.165, 1.54) is 0 Å². The first-order chi connectivity index (χ1) is 30.2. The quantitative estimate of drug-likeness (QED) is 0.0449. The molecule has 6 N–H and O–H groups in total. The van der Waals surface area contributed by atoms with Crippen LogP contribution in [-0.2, 0) is 0 Å². The number of aromatic nitrogens is 3.